The molecule has 0 aromatic heterocycles. The van der Waals surface area contributed by atoms with Gasteiger partial charge in [0.1, 0.15) is 6.04 Å². The smallest absolute Gasteiger partial charge is 0.255 e. The second-order valence-corrected chi connectivity index (χ2v) is 8.51. The second-order valence-electron chi connectivity index (χ2n) is 8.51. The first-order valence-electron chi connectivity index (χ1n) is 9.52. The van der Waals surface area contributed by atoms with Gasteiger partial charge in [-0.25, -0.2) is 0 Å². The zero-order valence-corrected chi connectivity index (χ0v) is 15.8. The van der Waals surface area contributed by atoms with E-state index >= 15 is 0 Å². The Morgan fingerprint density at radius 2 is 2.04 bits per heavy atom. The van der Waals surface area contributed by atoms with Crippen LogP contribution in [-0.2, 0) is 22.7 Å². The Morgan fingerprint density at radius 3 is 2.70 bits per heavy atom. The molecule has 144 valence electrons. The lowest BCUT2D eigenvalue weighted by atomic mass is 9.98. The highest BCUT2D eigenvalue weighted by atomic mass is 16.2. The number of carbonyl (C=O) groups is 3. The number of nitrogens with zero attached hydrogens (tertiary/aromatic N) is 2. The number of hydrogen-bond acceptors (Lipinski definition) is 5. The van der Waals surface area contributed by atoms with Crippen LogP contribution in [0.1, 0.15) is 54.6 Å². The summed E-state index contributed by atoms with van der Waals surface area (Å²) in [5.74, 6) is -0.759. The lowest BCUT2D eigenvalue weighted by Gasteiger charge is -2.32. The third-order valence-corrected chi connectivity index (χ3v) is 6.07. The van der Waals surface area contributed by atoms with Crippen molar-refractivity contribution in [3.8, 4) is 0 Å². The van der Waals surface area contributed by atoms with Gasteiger partial charge in [0.2, 0.25) is 11.8 Å². The number of nitrogens with one attached hydrogen (secondary N) is 1. The molecule has 7 nitrogen and oxygen atoms in total. The Balaban J connectivity index is 1.59. The highest BCUT2D eigenvalue weighted by Crippen LogP contribution is 2.34. The normalized spacial score (nSPS) is 27.8. The summed E-state index contributed by atoms with van der Waals surface area (Å²) in [4.78, 5) is 40.7. The molecule has 1 aromatic carbocycles. The maximum atomic E-state index is 13.2. The fourth-order valence-electron chi connectivity index (χ4n) is 4.67. The minimum atomic E-state index is -0.577. The second kappa shape index (κ2) is 6.42. The van der Waals surface area contributed by atoms with Crippen LogP contribution in [0.15, 0.2) is 18.2 Å². The van der Waals surface area contributed by atoms with Gasteiger partial charge in [0, 0.05) is 43.2 Å². The maximum Gasteiger partial charge on any atom is 0.255 e. The maximum absolute atomic E-state index is 13.2. The van der Waals surface area contributed by atoms with E-state index < -0.39 is 6.04 Å². The van der Waals surface area contributed by atoms with E-state index in [2.05, 4.69) is 24.1 Å². The highest BCUT2D eigenvalue weighted by Gasteiger charge is 2.41. The number of nitrogens with two attached hydrogens (primary N) is 1. The van der Waals surface area contributed by atoms with Crippen molar-refractivity contribution in [2.75, 3.05) is 6.54 Å². The van der Waals surface area contributed by atoms with Crippen LogP contribution in [0.3, 0.4) is 0 Å². The van der Waals surface area contributed by atoms with Crippen molar-refractivity contribution in [2.24, 2.45) is 5.73 Å². The molecule has 3 aliphatic heterocycles. The van der Waals surface area contributed by atoms with Gasteiger partial charge in [0.25, 0.3) is 5.91 Å². The van der Waals surface area contributed by atoms with Crippen LogP contribution in [0.5, 0.6) is 0 Å². The summed E-state index contributed by atoms with van der Waals surface area (Å²) in [6, 6.07) is 5.48. The van der Waals surface area contributed by atoms with Gasteiger partial charge in [-0.15, -0.1) is 0 Å². The SMILES string of the molecule is CC1(C)CC(N)CN1Cc1cccc2c1C(=O)N(C1CCC(=O)NC1=O)C2. The third-order valence-electron chi connectivity index (χ3n) is 6.07. The number of hydrogen-bond donors (Lipinski definition) is 2. The molecule has 3 aliphatic rings. The molecule has 2 saturated heterocycles. The molecule has 0 radical (unpaired) electrons. The van der Waals surface area contributed by atoms with Gasteiger partial charge in [-0.2, -0.15) is 0 Å². The van der Waals surface area contributed by atoms with E-state index in [4.69, 9.17) is 5.73 Å². The van der Waals surface area contributed by atoms with Crippen molar-refractivity contribution in [1.82, 2.24) is 15.1 Å². The standard InChI is InChI=1S/C20H26N4O3/c1-20(2)8-14(21)11-23(20)9-12-4-3-5-13-10-24(19(27)17(12)13)15-6-7-16(25)22-18(15)26/h3-5,14-15H,6-11,21H2,1-2H3,(H,22,25,26). The average Bonchev–Trinajstić information content (AvgIpc) is 3.04. The number of rotatable bonds is 3. The van der Waals surface area contributed by atoms with Crippen molar-refractivity contribution in [3.63, 3.8) is 0 Å². The van der Waals surface area contributed by atoms with Gasteiger partial charge in [0.05, 0.1) is 0 Å². The topological polar surface area (TPSA) is 95.7 Å². The number of piperidine rings is 1. The van der Waals surface area contributed by atoms with E-state index in [1.807, 2.05) is 18.2 Å². The fraction of sp³-hybridized carbons (Fsp3) is 0.550. The van der Waals surface area contributed by atoms with Crippen LogP contribution < -0.4 is 11.1 Å². The minimum Gasteiger partial charge on any atom is -0.326 e. The number of benzene rings is 1. The van der Waals surface area contributed by atoms with Crippen LogP contribution in [0.25, 0.3) is 0 Å². The largest absolute Gasteiger partial charge is 0.326 e. The van der Waals surface area contributed by atoms with Gasteiger partial charge in [-0.05, 0) is 37.8 Å². The summed E-state index contributed by atoms with van der Waals surface area (Å²) in [5, 5.41) is 2.35. The zero-order chi connectivity index (χ0) is 19.3. The molecule has 0 aliphatic carbocycles. The lowest BCUT2D eigenvalue weighted by molar-refractivity contribution is -0.136. The molecule has 2 unspecified atom stereocenters. The molecule has 2 atom stereocenters. The summed E-state index contributed by atoms with van der Waals surface area (Å²) in [7, 11) is 0. The molecule has 4 rings (SSSR count). The van der Waals surface area contributed by atoms with Gasteiger partial charge in [-0.1, -0.05) is 18.2 Å². The van der Waals surface area contributed by atoms with E-state index in [-0.39, 0.29) is 35.7 Å². The summed E-state index contributed by atoms with van der Waals surface area (Å²) in [6.07, 6.45) is 1.58. The molecule has 2 fully saturated rings. The van der Waals surface area contributed by atoms with E-state index in [0.717, 1.165) is 24.1 Å². The molecular formula is C20H26N4O3. The van der Waals surface area contributed by atoms with Crippen molar-refractivity contribution in [2.45, 2.75) is 63.8 Å². The Morgan fingerprint density at radius 1 is 1.26 bits per heavy atom. The summed E-state index contributed by atoms with van der Waals surface area (Å²) in [6.45, 7) is 6.25. The predicted octanol–water partition coefficient (Wildman–Crippen LogP) is 0.759. The Hall–Kier alpha value is -2.25. The minimum absolute atomic E-state index is 0.00685. The number of likely N-dealkylation sites (tertiary alicyclic amines) is 1. The van der Waals surface area contributed by atoms with E-state index in [1.165, 1.54) is 0 Å². The predicted molar refractivity (Wildman–Crippen MR) is 99.6 cm³/mol. The zero-order valence-electron chi connectivity index (χ0n) is 15.8. The van der Waals surface area contributed by atoms with Gasteiger partial charge >= 0.3 is 0 Å². The molecule has 0 spiro atoms. The van der Waals surface area contributed by atoms with E-state index in [1.54, 1.807) is 4.90 Å². The van der Waals surface area contributed by atoms with Crippen molar-refractivity contribution < 1.29 is 14.4 Å². The molecule has 0 bridgehead atoms. The molecule has 3 heterocycles. The summed E-state index contributed by atoms with van der Waals surface area (Å²) < 4.78 is 0. The molecule has 3 N–H and O–H groups in total. The van der Waals surface area contributed by atoms with Crippen LogP contribution >= 0.6 is 0 Å². The number of fused-ring (bicyclic) bond motifs is 1. The summed E-state index contributed by atoms with van der Waals surface area (Å²) in [5.41, 5.74) is 8.78. The molecule has 27 heavy (non-hydrogen) atoms. The first-order chi connectivity index (χ1) is 12.8. The van der Waals surface area contributed by atoms with Gasteiger partial charge in [0.15, 0.2) is 0 Å². The first kappa shape index (κ1) is 18.1. The van der Waals surface area contributed by atoms with Crippen molar-refractivity contribution in [3.05, 3.63) is 34.9 Å². The monoisotopic (exact) mass is 370 g/mol. The van der Waals surface area contributed by atoms with E-state index in [9.17, 15) is 14.4 Å². The van der Waals surface area contributed by atoms with E-state index in [0.29, 0.717) is 25.1 Å². The third kappa shape index (κ3) is 3.15. The molecule has 1 aromatic rings. The first-order valence-corrected chi connectivity index (χ1v) is 9.52. The average molecular weight is 370 g/mol. The molecule has 7 heteroatoms. The van der Waals surface area contributed by atoms with Crippen LogP contribution in [-0.4, -0.2) is 51.7 Å². The number of carbonyl (C=O) groups excluding carboxylic acids is 3. The fourth-order valence-corrected chi connectivity index (χ4v) is 4.67. The number of amides is 3. The lowest BCUT2D eigenvalue weighted by Crippen LogP contribution is -2.52. The molecule has 0 saturated carbocycles. The quantitative estimate of drug-likeness (QED) is 0.766. The highest BCUT2D eigenvalue weighted by molar-refractivity contribution is 6.05. The van der Waals surface area contributed by atoms with Gasteiger partial charge < -0.3 is 10.6 Å². The van der Waals surface area contributed by atoms with Crippen molar-refractivity contribution in [1.29, 1.82) is 0 Å². The van der Waals surface area contributed by atoms with Crippen LogP contribution in [0.4, 0.5) is 0 Å². The van der Waals surface area contributed by atoms with Gasteiger partial charge in [-0.3, -0.25) is 24.6 Å². The Labute approximate surface area is 158 Å². The number of imide groups is 1. The Bertz CT molecular complexity index is 819. The van der Waals surface area contributed by atoms with Crippen LogP contribution in [0.2, 0.25) is 0 Å². The molecule has 3 amide bonds. The van der Waals surface area contributed by atoms with Crippen LogP contribution in [0, 0.1) is 0 Å². The molecular weight excluding hydrogens is 344 g/mol. The summed E-state index contributed by atoms with van der Waals surface area (Å²) >= 11 is 0. The van der Waals surface area contributed by atoms with Crippen molar-refractivity contribution >= 4 is 17.7 Å². The Kier molecular flexibility index (Phi) is 4.31.